The van der Waals surface area contributed by atoms with E-state index in [1.807, 2.05) is 18.5 Å². The molecule has 1 unspecified atom stereocenters. The number of hydrogen-bond acceptors (Lipinski definition) is 4. The Kier molecular flexibility index (Phi) is 6.37. The molecule has 3 rings (SSSR count). The van der Waals surface area contributed by atoms with Gasteiger partial charge in [0.2, 0.25) is 0 Å². The average Bonchev–Trinajstić information content (AvgIpc) is 3.00. The van der Waals surface area contributed by atoms with Crippen molar-refractivity contribution in [3.05, 3.63) is 41.2 Å². The van der Waals surface area contributed by atoms with Gasteiger partial charge in [0.15, 0.2) is 5.96 Å². The Bertz CT molecular complexity index is 839. The number of fused-ring (bicyclic) bond motifs is 1. The highest BCUT2D eigenvalue weighted by Gasteiger charge is 2.22. The van der Waals surface area contributed by atoms with Crippen LogP contribution in [0.4, 0.5) is 13.2 Å². The molecule has 0 amide bonds. The lowest BCUT2D eigenvalue weighted by atomic mass is 10.1. The molecule has 0 radical (unpaired) electrons. The van der Waals surface area contributed by atoms with Crippen LogP contribution in [0.2, 0.25) is 0 Å². The van der Waals surface area contributed by atoms with Crippen LogP contribution >= 0.6 is 0 Å². The number of guanidine groups is 1. The van der Waals surface area contributed by atoms with Crippen LogP contribution in [0.1, 0.15) is 30.6 Å². The summed E-state index contributed by atoms with van der Waals surface area (Å²) in [6.45, 7) is 1.84. The first-order valence-corrected chi connectivity index (χ1v) is 9.13. The van der Waals surface area contributed by atoms with Gasteiger partial charge < -0.3 is 15.4 Å². The predicted octanol–water partition coefficient (Wildman–Crippen LogP) is 2.40. The van der Waals surface area contributed by atoms with E-state index in [1.165, 1.54) is 18.2 Å². The number of rotatable bonds is 6. The van der Waals surface area contributed by atoms with Crippen molar-refractivity contribution >= 4 is 5.96 Å². The number of aryl methyl sites for hydroxylation is 2. The molecule has 1 aliphatic rings. The Morgan fingerprint density at radius 1 is 1.43 bits per heavy atom. The third kappa shape index (κ3) is 4.93. The Morgan fingerprint density at radius 3 is 3.00 bits per heavy atom. The third-order valence-corrected chi connectivity index (χ3v) is 4.34. The minimum absolute atomic E-state index is 0.0159. The number of halogens is 3. The summed E-state index contributed by atoms with van der Waals surface area (Å²) in [4.78, 5) is 8.73. The number of hydrogen-bond donors (Lipinski definition) is 2. The van der Waals surface area contributed by atoms with E-state index in [1.54, 1.807) is 0 Å². The van der Waals surface area contributed by atoms with Crippen molar-refractivity contribution in [1.82, 2.24) is 25.4 Å². The lowest BCUT2D eigenvalue weighted by Crippen LogP contribution is -2.47. The van der Waals surface area contributed by atoms with Gasteiger partial charge >= 0.3 is 6.61 Å². The molecule has 7 nitrogen and oxygen atoms in total. The molecule has 1 aromatic carbocycles. The number of aliphatic imine (C=N–C) groups is 1. The zero-order valence-corrected chi connectivity index (χ0v) is 15.8. The lowest BCUT2D eigenvalue weighted by molar-refractivity contribution is -0.0506. The Morgan fingerprint density at radius 2 is 2.25 bits per heavy atom. The van der Waals surface area contributed by atoms with Crippen LogP contribution in [-0.2, 0) is 19.5 Å². The maximum absolute atomic E-state index is 14.1. The second kappa shape index (κ2) is 8.94. The molecule has 0 saturated heterocycles. The van der Waals surface area contributed by atoms with Gasteiger partial charge in [0.1, 0.15) is 23.2 Å². The number of nitrogens with zero attached hydrogens (tertiary/aromatic N) is 4. The fourth-order valence-corrected chi connectivity index (χ4v) is 3.12. The first kappa shape index (κ1) is 20.0. The van der Waals surface area contributed by atoms with E-state index < -0.39 is 12.4 Å². The number of alkyl halides is 2. The third-order valence-electron chi connectivity index (χ3n) is 4.34. The smallest absolute Gasteiger partial charge is 0.387 e. The Labute approximate surface area is 161 Å². The molecule has 0 spiro atoms. The first-order chi connectivity index (χ1) is 13.5. The van der Waals surface area contributed by atoms with Crippen LogP contribution in [0, 0.1) is 12.7 Å². The van der Waals surface area contributed by atoms with E-state index in [2.05, 4.69) is 30.4 Å². The number of nitrogens with one attached hydrogen (secondary N) is 2. The quantitative estimate of drug-likeness (QED) is 0.579. The van der Waals surface area contributed by atoms with Crippen molar-refractivity contribution in [2.45, 2.75) is 52.4 Å². The normalized spacial score (nSPS) is 16.8. The second-order valence-corrected chi connectivity index (χ2v) is 6.43. The molecular weight excluding hydrogens is 373 g/mol. The largest absolute Gasteiger partial charge is 0.434 e. The average molecular weight is 396 g/mol. The summed E-state index contributed by atoms with van der Waals surface area (Å²) in [6.07, 6.45) is 1.64. The van der Waals surface area contributed by atoms with Crippen molar-refractivity contribution in [3.8, 4) is 5.75 Å². The molecule has 0 saturated carbocycles. The van der Waals surface area contributed by atoms with Crippen LogP contribution in [0.3, 0.4) is 0 Å². The standard InChI is InChI=1S/C18H23F3N6O/c1-3-22-18(25-12-7-8-16-24-11(2)26-27(16)10-12)23-9-13-14(19)5-4-6-15(13)28-17(20)21/h4-6,12,17H,3,7-10H2,1-2H3,(H2,22,23,25). The first-order valence-electron chi connectivity index (χ1n) is 9.13. The number of aromatic nitrogens is 3. The SMILES string of the molecule is CCNC(=NCc1c(F)cccc1OC(F)F)NC1CCc2nc(C)nn2C1. The van der Waals surface area contributed by atoms with E-state index in [0.717, 1.165) is 24.5 Å². The highest BCUT2D eigenvalue weighted by atomic mass is 19.3. The maximum atomic E-state index is 14.1. The van der Waals surface area contributed by atoms with Crippen LogP contribution in [-0.4, -0.2) is 39.9 Å². The van der Waals surface area contributed by atoms with Gasteiger partial charge in [-0.1, -0.05) is 6.07 Å². The van der Waals surface area contributed by atoms with E-state index >= 15 is 0 Å². The minimum atomic E-state index is -3.03. The van der Waals surface area contributed by atoms with Gasteiger partial charge in [0, 0.05) is 19.0 Å². The molecule has 1 aliphatic heterocycles. The lowest BCUT2D eigenvalue weighted by Gasteiger charge is -2.25. The van der Waals surface area contributed by atoms with Crippen LogP contribution in [0.15, 0.2) is 23.2 Å². The summed E-state index contributed by atoms with van der Waals surface area (Å²) >= 11 is 0. The zero-order chi connectivity index (χ0) is 20.1. The maximum Gasteiger partial charge on any atom is 0.387 e. The van der Waals surface area contributed by atoms with Crippen LogP contribution < -0.4 is 15.4 Å². The van der Waals surface area contributed by atoms with Crippen LogP contribution in [0.5, 0.6) is 5.75 Å². The van der Waals surface area contributed by atoms with Crippen molar-refractivity contribution in [3.63, 3.8) is 0 Å². The van der Waals surface area contributed by atoms with E-state index in [-0.39, 0.29) is 23.9 Å². The van der Waals surface area contributed by atoms with Gasteiger partial charge in [0.05, 0.1) is 18.7 Å². The summed E-state index contributed by atoms with van der Waals surface area (Å²) in [7, 11) is 0. The summed E-state index contributed by atoms with van der Waals surface area (Å²) in [6, 6.07) is 3.89. The van der Waals surface area contributed by atoms with Crippen molar-refractivity contribution in [1.29, 1.82) is 0 Å². The van der Waals surface area contributed by atoms with Gasteiger partial charge in [0.25, 0.3) is 0 Å². The fraction of sp³-hybridized carbons (Fsp3) is 0.500. The van der Waals surface area contributed by atoms with E-state index in [0.29, 0.717) is 19.0 Å². The molecular formula is C18H23F3N6O. The molecule has 28 heavy (non-hydrogen) atoms. The molecule has 1 aromatic heterocycles. The van der Waals surface area contributed by atoms with Gasteiger partial charge in [-0.3, -0.25) is 0 Å². The highest BCUT2D eigenvalue weighted by Crippen LogP contribution is 2.24. The summed E-state index contributed by atoms with van der Waals surface area (Å²) in [5.74, 6) is 1.31. The van der Waals surface area contributed by atoms with E-state index in [4.69, 9.17) is 0 Å². The van der Waals surface area contributed by atoms with Crippen molar-refractivity contribution < 1.29 is 17.9 Å². The Hall–Kier alpha value is -2.78. The summed E-state index contributed by atoms with van der Waals surface area (Å²) in [5.41, 5.74) is -0.0159. The Balaban J connectivity index is 1.72. The summed E-state index contributed by atoms with van der Waals surface area (Å²) in [5, 5.41) is 10.8. The minimum Gasteiger partial charge on any atom is -0.434 e. The number of benzene rings is 1. The molecule has 2 heterocycles. The second-order valence-electron chi connectivity index (χ2n) is 6.43. The van der Waals surface area contributed by atoms with Gasteiger partial charge in [-0.15, -0.1) is 0 Å². The van der Waals surface area contributed by atoms with Crippen LogP contribution in [0.25, 0.3) is 0 Å². The molecule has 1 atom stereocenters. The van der Waals surface area contributed by atoms with Gasteiger partial charge in [-0.25, -0.2) is 19.0 Å². The molecule has 2 N–H and O–H groups in total. The fourth-order valence-electron chi connectivity index (χ4n) is 3.12. The molecule has 0 aliphatic carbocycles. The number of ether oxygens (including phenoxy) is 1. The molecule has 2 aromatic rings. The zero-order valence-electron chi connectivity index (χ0n) is 15.8. The molecule has 10 heteroatoms. The van der Waals surface area contributed by atoms with Crippen molar-refractivity contribution in [2.75, 3.05) is 6.54 Å². The molecule has 0 bridgehead atoms. The monoisotopic (exact) mass is 396 g/mol. The summed E-state index contributed by atoms with van der Waals surface area (Å²) < 4.78 is 45.5. The van der Waals surface area contributed by atoms with Crippen molar-refractivity contribution in [2.24, 2.45) is 4.99 Å². The topological polar surface area (TPSA) is 76.4 Å². The van der Waals surface area contributed by atoms with Gasteiger partial charge in [-0.05, 0) is 32.4 Å². The molecule has 0 fully saturated rings. The molecule has 152 valence electrons. The highest BCUT2D eigenvalue weighted by molar-refractivity contribution is 5.80. The predicted molar refractivity (Wildman–Crippen MR) is 97.9 cm³/mol. The van der Waals surface area contributed by atoms with Gasteiger partial charge in [-0.2, -0.15) is 13.9 Å². The van der Waals surface area contributed by atoms with E-state index in [9.17, 15) is 13.2 Å².